The highest BCUT2D eigenvalue weighted by Gasteiger charge is 2.19. The predicted octanol–water partition coefficient (Wildman–Crippen LogP) is 3.19. The molecule has 0 aromatic carbocycles. The van der Waals surface area contributed by atoms with Crippen molar-refractivity contribution in [3.05, 3.63) is 17.0 Å². The average Bonchev–Trinajstić information content (AvgIpc) is 2.78. The first-order valence-electron chi connectivity index (χ1n) is 5.63. The first-order valence-corrected chi connectivity index (χ1v) is 6.45. The van der Waals surface area contributed by atoms with E-state index in [1.165, 1.54) is 24.3 Å². The number of nitrogens with zero attached hydrogens (tertiary/aromatic N) is 1. The van der Waals surface area contributed by atoms with Crippen LogP contribution in [0.4, 0.5) is 5.00 Å². The Labute approximate surface area is 94.9 Å². The Kier molecular flexibility index (Phi) is 3.41. The molecule has 82 valence electrons. The molecule has 2 rings (SSSR count). The monoisotopic (exact) mass is 223 g/mol. The number of thiophene rings is 1. The lowest BCUT2D eigenvalue weighted by Crippen LogP contribution is -2.34. The molecular weight excluding hydrogens is 206 g/mol. The smallest absolute Gasteiger partial charge is 0.160 e. The van der Waals surface area contributed by atoms with Gasteiger partial charge < -0.3 is 4.90 Å². The standard InChI is InChI=1S/C12H17NOS/c1-2-10-4-3-7-13(8-10)12-6-5-11(9-14)15-12/h5-6,9-10H,2-4,7-8H2,1H3. The van der Waals surface area contributed by atoms with Crippen LogP contribution < -0.4 is 4.90 Å². The molecule has 1 fully saturated rings. The van der Waals surface area contributed by atoms with Gasteiger partial charge in [0.1, 0.15) is 0 Å². The molecule has 0 bridgehead atoms. The van der Waals surface area contributed by atoms with Crippen molar-refractivity contribution in [2.45, 2.75) is 26.2 Å². The topological polar surface area (TPSA) is 20.3 Å². The number of rotatable bonds is 3. The summed E-state index contributed by atoms with van der Waals surface area (Å²) in [6.45, 7) is 4.57. The second-order valence-electron chi connectivity index (χ2n) is 4.16. The molecule has 1 aromatic heterocycles. The normalized spacial score (nSPS) is 21.7. The molecule has 2 heterocycles. The fraction of sp³-hybridized carbons (Fsp3) is 0.583. The predicted molar refractivity (Wildman–Crippen MR) is 64.9 cm³/mol. The van der Waals surface area contributed by atoms with Crippen LogP contribution in [0.5, 0.6) is 0 Å². The SMILES string of the molecule is CCC1CCCN(c2ccc(C=O)s2)C1. The van der Waals surface area contributed by atoms with Crippen molar-refractivity contribution < 1.29 is 4.79 Å². The van der Waals surface area contributed by atoms with Gasteiger partial charge in [-0.2, -0.15) is 0 Å². The van der Waals surface area contributed by atoms with E-state index in [1.54, 1.807) is 11.3 Å². The van der Waals surface area contributed by atoms with E-state index in [9.17, 15) is 4.79 Å². The summed E-state index contributed by atoms with van der Waals surface area (Å²) < 4.78 is 0. The van der Waals surface area contributed by atoms with Crippen molar-refractivity contribution in [2.24, 2.45) is 5.92 Å². The maximum absolute atomic E-state index is 10.6. The van der Waals surface area contributed by atoms with Crippen molar-refractivity contribution in [3.8, 4) is 0 Å². The van der Waals surface area contributed by atoms with Crippen LogP contribution in [-0.4, -0.2) is 19.4 Å². The molecule has 1 aromatic rings. The van der Waals surface area contributed by atoms with Gasteiger partial charge in [0.05, 0.1) is 9.88 Å². The molecular formula is C12H17NOS. The third-order valence-electron chi connectivity index (χ3n) is 3.14. The Morgan fingerprint density at radius 2 is 2.47 bits per heavy atom. The van der Waals surface area contributed by atoms with E-state index >= 15 is 0 Å². The van der Waals surface area contributed by atoms with Gasteiger partial charge in [-0.25, -0.2) is 0 Å². The minimum atomic E-state index is 0.834. The molecule has 1 atom stereocenters. The van der Waals surface area contributed by atoms with Gasteiger partial charge in [-0.3, -0.25) is 4.79 Å². The van der Waals surface area contributed by atoms with Gasteiger partial charge in [0.15, 0.2) is 6.29 Å². The van der Waals surface area contributed by atoms with E-state index in [0.717, 1.165) is 30.2 Å². The third-order valence-corrected chi connectivity index (χ3v) is 4.21. The first kappa shape index (κ1) is 10.7. The summed E-state index contributed by atoms with van der Waals surface area (Å²) in [5.41, 5.74) is 0. The summed E-state index contributed by atoms with van der Waals surface area (Å²) in [5, 5.41) is 1.26. The second kappa shape index (κ2) is 4.79. The van der Waals surface area contributed by atoms with Gasteiger partial charge in [0.25, 0.3) is 0 Å². The maximum atomic E-state index is 10.6. The lowest BCUT2D eigenvalue weighted by Gasteiger charge is -2.32. The van der Waals surface area contributed by atoms with Gasteiger partial charge in [-0.05, 0) is 30.9 Å². The largest absolute Gasteiger partial charge is 0.363 e. The van der Waals surface area contributed by atoms with Gasteiger partial charge in [-0.1, -0.05) is 13.3 Å². The third kappa shape index (κ3) is 2.40. The number of carbonyl (C=O) groups is 1. The lowest BCUT2D eigenvalue weighted by molar-refractivity contribution is 0.112. The van der Waals surface area contributed by atoms with Crippen LogP contribution in [0.2, 0.25) is 0 Å². The number of hydrogen-bond donors (Lipinski definition) is 0. The van der Waals surface area contributed by atoms with Gasteiger partial charge in [0, 0.05) is 13.1 Å². The van der Waals surface area contributed by atoms with E-state index in [1.807, 2.05) is 6.07 Å². The van der Waals surface area contributed by atoms with Crippen LogP contribution in [0.15, 0.2) is 12.1 Å². The highest BCUT2D eigenvalue weighted by atomic mass is 32.1. The Hall–Kier alpha value is -0.830. The molecule has 0 N–H and O–H groups in total. The summed E-state index contributed by atoms with van der Waals surface area (Å²) in [6.07, 6.45) is 4.85. The van der Waals surface area contributed by atoms with E-state index < -0.39 is 0 Å². The van der Waals surface area contributed by atoms with Crippen LogP contribution in [0.25, 0.3) is 0 Å². The summed E-state index contributed by atoms with van der Waals surface area (Å²) in [6, 6.07) is 4.00. The van der Waals surface area contributed by atoms with Crippen LogP contribution in [-0.2, 0) is 0 Å². The summed E-state index contributed by atoms with van der Waals surface area (Å²) >= 11 is 1.61. The molecule has 1 aliphatic heterocycles. The quantitative estimate of drug-likeness (QED) is 0.733. The van der Waals surface area contributed by atoms with Gasteiger partial charge in [0.2, 0.25) is 0 Å². The van der Waals surface area contributed by atoms with Gasteiger partial charge >= 0.3 is 0 Å². The van der Waals surface area contributed by atoms with E-state index in [-0.39, 0.29) is 0 Å². The van der Waals surface area contributed by atoms with Crippen molar-refractivity contribution >= 4 is 22.6 Å². The molecule has 3 heteroatoms. The highest BCUT2D eigenvalue weighted by Crippen LogP contribution is 2.30. The fourth-order valence-corrected chi connectivity index (χ4v) is 3.03. The van der Waals surface area contributed by atoms with Crippen molar-refractivity contribution in [1.82, 2.24) is 0 Å². The zero-order chi connectivity index (χ0) is 10.7. The highest BCUT2D eigenvalue weighted by molar-refractivity contribution is 7.17. The van der Waals surface area contributed by atoms with E-state index in [4.69, 9.17) is 0 Å². The number of aldehydes is 1. The number of anilines is 1. The maximum Gasteiger partial charge on any atom is 0.160 e. The average molecular weight is 223 g/mol. The van der Waals surface area contributed by atoms with Crippen LogP contribution >= 0.6 is 11.3 Å². The fourth-order valence-electron chi connectivity index (χ4n) is 2.17. The zero-order valence-corrected chi connectivity index (χ0v) is 9.93. The van der Waals surface area contributed by atoms with Crippen LogP contribution in [0, 0.1) is 5.92 Å². The van der Waals surface area contributed by atoms with Crippen LogP contribution in [0.3, 0.4) is 0 Å². The number of carbonyl (C=O) groups excluding carboxylic acids is 1. The zero-order valence-electron chi connectivity index (χ0n) is 9.11. The molecule has 1 unspecified atom stereocenters. The number of piperidine rings is 1. The van der Waals surface area contributed by atoms with Crippen LogP contribution in [0.1, 0.15) is 35.9 Å². The summed E-state index contributed by atoms with van der Waals surface area (Å²) in [7, 11) is 0. The Bertz CT molecular complexity index is 334. The van der Waals surface area contributed by atoms with Gasteiger partial charge in [-0.15, -0.1) is 11.3 Å². The van der Waals surface area contributed by atoms with Crippen molar-refractivity contribution in [1.29, 1.82) is 0 Å². The molecule has 2 nitrogen and oxygen atoms in total. The minimum absolute atomic E-state index is 0.834. The molecule has 1 saturated heterocycles. The molecule has 15 heavy (non-hydrogen) atoms. The van der Waals surface area contributed by atoms with E-state index in [2.05, 4.69) is 17.9 Å². The second-order valence-corrected chi connectivity index (χ2v) is 5.25. The molecule has 0 saturated carbocycles. The Morgan fingerprint density at radius 1 is 1.60 bits per heavy atom. The summed E-state index contributed by atoms with van der Waals surface area (Å²) in [4.78, 5) is 13.9. The van der Waals surface area contributed by atoms with Crippen molar-refractivity contribution in [2.75, 3.05) is 18.0 Å². The summed E-state index contributed by atoms with van der Waals surface area (Å²) in [5.74, 6) is 0.834. The molecule has 0 radical (unpaired) electrons. The first-order chi connectivity index (χ1) is 7.33. The van der Waals surface area contributed by atoms with E-state index in [0.29, 0.717) is 0 Å². The Balaban J connectivity index is 2.06. The lowest BCUT2D eigenvalue weighted by atomic mass is 9.96. The minimum Gasteiger partial charge on any atom is -0.363 e. The molecule has 0 spiro atoms. The molecule has 1 aliphatic rings. The van der Waals surface area contributed by atoms with Crippen molar-refractivity contribution in [3.63, 3.8) is 0 Å². The Morgan fingerprint density at radius 3 is 3.13 bits per heavy atom. The number of hydrogen-bond acceptors (Lipinski definition) is 3. The molecule has 0 aliphatic carbocycles. The molecule has 0 amide bonds.